The third-order valence-corrected chi connectivity index (χ3v) is 5.60. The van der Waals surface area contributed by atoms with Crippen LogP contribution in [0.25, 0.3) is 5.69 Å². The number of nitrogens with zero attached hydrogens (tertiary/aromatic N) is 2. The number of hydrogen-bond acceptors (Lipinski definition) is 4. The predicted octanol–water partition coefficient (Wildman–Crippen LogP) is 6.14. The quantitative estimate of drug-likeness (QED) is 0.237. The number of rotatable bonds is 8. The van der Waals surface area contributed by atoms with E-state index in [9.17, 15) is 4.79 Å². The Hall–Kier alpha value is -3.74. The van der Waals surface area contributed by atoms with Gasteiger partial charge < -0.3 is 14.0 Å². The molecule has 172 valence electrons. The van der Waals surface area contributed by atoms with Crippen LogP contribution in [0.1, 0.15) is 21.5 Å². The van der Waals surface area contributed by atoms with Crippen molar-refractivity contribution in [3.63, 3.8) is 0 Å². The van der Waals surface area contributed by atoms with E-state index < -0.39 is 0 Å². The van der Waals surface area contributed by atoms with Crippen molar-refractivity contribution in [2.24, 2.45) is 5.10 Å². The molecular formula is C26H21Cl2N3O3. The van der Waals surface area contributed by atoms with E-state index in [1.807, 2.05) is 59.4 Å². The molecule has 3 aromatic carbocycles. The topological polar surface area (TPSA) is 64.8 Å². The number of amides is 1. The van der Waals surface area contributed by atoms with Gasteiger partial charge in [-0.3, -0.25) is 4.79 Å². The third-order valence-electron chi connectivity index (χ3n) is 5.02. The molecule has 0 aliphatic rings. The number of hydrazone groups is 1. The zero-order chi connectivity index (χ0) is 23.9. The van der Waals surface area contributed by atoms with Gasteiger partial charge in [0.25, 0.3) is 5.91 Å². The van der Waals surface area contributed by atoms with E-state index in [1.165, 1.54) is 6.21 Å². The van der Waals surface area contributed by atoms with Gasteiger partial charge in [-0.15, -0.1) is 0 Å². The lowest BCUT2D eigenvalue weighted by Gasteiger charge is -2.14. The van der Waals surface area contributed by atoms with E-state index in [0.29, 0.717) is 32.7 Å². The molecule has 4 aromatic rings. The Balaban J connectivity index is 1.52. The van der Waals surface area contributed by atoms with E-state index in [0.717, 1.165) is 11.3 Å². The molecule has 34 heavy (non-hydrogen) atoms. The molecule has 4 rings (SSSR count). The van der Waals surface area contributed by atoms with Gasteiger partial charge in [-0.1, -0.05) is 47.5 Å². The molecule has 1 amide bonds. The number of hydrogen-bond donors (Lipinski definition) is 1. The number of benzene rings is 3. The van der Waals surface area contributed by atoms with Crippen LogP contribution >= 0.6 is 23.2 Å². The van der Waals surface area contributed by atoms with Crippen LogP contribution in [0.3, 0.4) is 0 Å². The number of carbonyl (C=O) groups excluding carboxylic acids is 1. The van der Waals surface area contributed by atoms with Crippen molar-refractivity contribution in [2.75, 3.05) is 7.11 Å². The molecule has 0 saturated heterocycles. The molecule has 0 saturated carbocycles. The first-order valence-corrected chi connectivity index (χ1v) is 11.1. The van der Waals surface area contributed by atoms with Crippen LogP contribution in [0.2, 0.25) is 10.0 Å². The zero-order valence-corrected chi connectivity index (χ0v) is 19.8. The minimum absolute atomic E-state index is 0.202. The van der Waals surface area contributed by atoms with Crippen molar-refractivity contribution in [3.8, 4) is 17.2 Å². The van der Waals surface area contributed by atoms with Crippen LogP contribution in [0.4, 0.5) is 0 Å². The predicted molar refractivity (Wildman–Crippen MR) is 135 cm³/mol. The van der Waals surface area contributed by atoms with Crippen molar-refractivity contribution in [3.05, 3.63) is 112 Å². The van der Waals surface area contributed by atoms with Gasteiger partial charge in [-0.2, -0.15) is 5.10 Å². The molecule has 1 aromatic heterocycles. The first-order valence-electron chi connectivity index (χ1n) is 10.4. The van der Waals surface area contributed by atoms with Crippen molar-refractivity contribution >= 4 is 35.3 Å². The van der Waals surface area contributed by atoms with Gasteiger partial charge in [0.2, 0.25) is 0 Å². The Morgan fingerprint density at radius 2 is 1.82 bits per heavy atom. The normalized spacial score (nSPS) is 10.9. The SMILES string of the molecule is COc1cccc(/C=N\NC(=O)c2ccccc2-n2cccc2)c1OCc1ccc(Cl)cc1Cl. The maximum absolute atomic E-state index is 12.8. The highest BCUT2D eigenvalue weighted by molar-refractivity contribution is 6.35. The van der Waals surface area contributed by atoms with Gasteiger partial charge in [-0.05, 0) is 48.5 Å². The number of methoxy groups -OCH3 is 1. The Bertz CT molecular complexity index is 1320. The first kappa shape index (κ1) is 23.4. The summed E-state index contributed by atoms with van der Waals surface area (Å²) in [6, 6.07) is 21.7. The lowest BCUT2D eigenvalue weighted by atomic mass is 10.1. The zero-order valence-electron chi connectivity index (χ0n) is 18.2. The highest BCUT2D eigenvalue weighted by Gasteiger charge is 2.13. The van der Waals surface area contributed by atoms with Crippen LogP contribution in [0, 0.1) is 0 Å². The number of halogens is 2. The molecule has 0 fully saturated rings. The van der Waals surface area contributed by atoms with Crippen molar-refractivity contribution in [1.82, 2.24) is 9.99 Å². The first-order chi connectivity index (χ1) is 16.6. The van der Waals surface area contributed by atoms with Gasteiger partial charge in [0.05, 0.1) is 24.6 Å². The minimum Gasteiger partial charge on any atom is -0.493 e. The average molecular weight is 494 g/mol. The van der Waals surface area contributed by atoms with Crippen molar-refractivity contribution < 1.29 is 14.3 Å². The number of ether oxygens (including phenoxy) is 2. The standard InChI is InChI=1S/C26H21Cl2N3O3/c1-33-24-10-6-7-18(25(24)34-17-19-11-12-20(27)15-22(19)28)16-29-30-26(32)21-8-2-3-9-23(21)31-13-4-5-14-31/h2-16H,17H2,1H3,(H,30,32)/b29-16-. The fourth-order valence-corrected chi connectivity index (χ4v) is 3.81. The van der Waals surface area contributed by atoms with Crippen LogP contribution < -0.4 is 14.9 Å². The van der Waals surface area contributed by atoms with Crippen LogP contribution in [-0.2, 0) is 6.61 Å². The summed E-state index contributed by atoms with van der Waals surface area (Å²) >= 11 is 12.2. The molecule has 0 atom stereocenters. The molecule has 1 heterocycles. The number of carbonyl (C=O) groups is 1. The molecule has 8 heteroatoms. The highest BCUT2D eigenvalue weighted by atomic mass is 35.5. The monoisotopic (exact) mass is 493 g/mol. The Morgan fingerprint density at radius 3 is 2.59 bits per heavy atom. The third kappa shape index (κ3) is 5.42. The summed E-state index contributed by atoms with van der Waals surface area (Å²) in [6.07, 6.45) is 5.27. The van der Waals surface area contributed by atoms with Gasteiger partial charge >= 0.3 is 0 Å². The second-order valence-corrected chi connectivity index (χ2v) is 8.05. The lowest BCUT2D eigenvalue weighted by Crippen LogP contribution is -2.19. The molecule has 6 nitrogen and oxygen atoms in total. The highest BCUT2D eigenvalue weighted by Crippen LogP contribution is 2.32. The summed E-state index contributed by atoms with van der Waals surface area (Å²) < 4.78 is 13.3. The summed E-state index contributed by atoms with van der Waals surface area (Å²) in [7, 11) is 1.55. The van der Waals surface area contributed by atoms with E-state index in [4.69, 9.17) is 32.7 Å². The second-order valence-electron chi connectivity index (χ2n) is 7.21. The molecule has 0 aliphatic carbocycles. The van der Waals surface area contributed by atoms with E-state index in [1.54, 1.807) is 37.4 Å². The van der Waals surface area contributed by atoms with E-state index in [-0.39, 0.29) is 12.5 Å². The van der Waals surface area contributed by atoms with Crippen LogP contribution in [-0.4, -0.2) is 23.8 Å². The number of aromatic nitrogens is 1. The molecule has 0 unspecified atom stereocenters. The summed E-state index contributed by atoms with van der Waals surface area (Å²) in [5, 5.41) is 5.20. The maximum Gasteiger partial charge on any atom is 0.273 e. The molecule has 0 bridgehead atoms. The van der Waals surface area contributed by atoms with Crippen LogP contribution in [0.15, 0.2) is 90.3 Å². The average Bonchev–Trinajstić information content (AvgIpc) is 3.39. The van der Waals surface area contributed by atoms with Crippen molar-refractivity contribution in [2.45, 2.75) is 6.61 Å². The summed E-state index contributed by atoms with van der Waals surface area (Å²) in [4.78, 5) is 12.8. The molecule has 0 spiro atoms. The summed E-state index contributed by atoms with van der Waals surface area (Å²) in [5.74, 6) is 0.666. The molecule has 0 radical (unpaired) electrons. The van der Waals surface area contributed by atoms with Gasteiger partial charge in [-0.25, -0.2) is 5.43 Å². The van der Waals surface area contributed by atoms with Gasteiger partial charge in [0.1, 0.15) is 6.61 Å². The maximum atomic E-state index is 12.8. The largest absolute Gasteiger partial charge is 0.493 e. The van der Waals surface area contributed by atoms with E-state index in [2.05, 4.69) is 10.5 Å². The lowest BCUT2D eigenvalue weighted by molar-refractivity contribution is 0.0955. The number of para-hydroxylation sites is 2. The second kappa shape index (κ2) is 10.9. The Morgan fingerprint density at radius 1 is 1.03 bits per heavy atom. The van der Waals surface area contributed by atoms with E-state index >= 15 is 0 Å². The molecule has 0 aliphatic heterocycles. The van der Waals surface area contributed by atoms with Crippen molar-refractivity contribution in [1.29, 1.82) is 0 Å². The summed E-state index contributed by atoms with van der Waals surface area (Å²) in [5.41, 5.74) is 5.24. The molecular weight excluding hydrogens is 473 g/mol. The van der Waals surface area contributed by atoms with Crippen LogP contribution in [0.5, 0.6) is 11.5 Å². The van der Waals surface area contributed by atoms with Gasteiger partial charge in [0.15, 0.2) is 11.5 Å². The Kier molecular flexibility index (Phi) is 7.52. The fourth-order valence-electron chi connectivity index (χ4n) is 3.34. The molecule has 1 N–H and O–H groups in total. The Labute approximate surface area is 207 Å². The van der Waals surface area contributed by atoms with Gasteiger partial charge in [0, 0.05) is 33.6 Å². The smallest absolute Gasteiger partial charge is 0.273 e. The number of nitrogens with one attached hydrogen (secondary N) is 1. The summed E-state index contributed by atoms with van der Waals surface area (Å²) in [6.45, 7) is 0.202. The minimum atomic E-state index is -0.334. The fraction of sp³-hybridized carbons (Fsp3) is 0.0769.